The smallest absolute Gasteiger partial charge is 0.345 e. The van der Waals surface area contributed by atoms with E-state index in [2.05, 4.69) is 40.5 Å². The molecule has 0 aliphatic carbocycles. The molecule has 8 nitrogen and oxygen atoms in total. The van der Waals surface area contributed by atoms with Crippen LogP contribution in [0.2, 0.25) is 0 Å². The zero-order valence-electron chi connectivity index (χ0n) is 21.5. The Hall–Kier alpha value is -3.69. The molecule has 0 bridgehead atoms. The van der Waals surface area contributed by atoms with Crippen molar-refractivity contribution in [1.82, 2.24) is 25.6 Å². The van der Waals surface area contributed by atoms with Crippen LogP contribution in [-0.2, 0) is 4.79 Å². The number of nitrogens with one attached hydrogen (secondary N) is 3. The van der Waals surface area contributed by atoms with Gasteiger partial charge in [-0.15, -0.1) is 10.0 Å². The van der Waals surface area contributed by atoms with Crippen molar-refractivity contribution in [2.24, 2.45) is 5.92 Å². The molecule has 38 heavy (non-hydrogen) atoms. The summed E-state index contributed by atoms with van der Waals surface area (Å²) in [5.41, 5.74) is 1.96. The molecule has 1 fully saturated rings. The van der Waals surface area contributed by atoms with E-state index in [-0.39, 0.29) is 11.8 Å². The Labute approximate surface area is 222 Å². The summed E-state index contributed by atoms with van der Waals surface area (Å²) in [6.45, 7) is 5.88. The lowest BCUT2D eigenvalue weighted by molar-refractivity contribution is -0.126. The fourth-order valence-electron chi connectivity index (χ4n) is 5.79. The highest BCUT2D eigenvalue weighted by Gasteiger charge is 2.48. The van der Waals surface area contributed by atoms with Gasteiger partial charge in [0.05, 0.1) is 21.6 Å². The number of aromatic amines is 1. The lowest BCUT2D eigenvalue weighted by Crippen LogP contribution is -2.41. The fraction of sp³-hybridized carbons (Fsp3) is 0.310. The Kier molecular flexibility index (Phi) is 6.41. The number of ether oxygens (including phenoxy) is 1. The molecule has 1 amide bonds. The van der Waals surface area contributed by atoms with Crippen LogP contribution >= 0.6 is 10.0 Å². The topological polar surface area (TPSA) is 109 Å². The third-order valence-electron chi connectivity index (χ3n) is 7.59. The Bertz CT molecular complexity index is 1570. The summed E-state index contributed by atoms with van der Waals surface area (Å²) in [6, 6.07) is 17.6. The highest BCUT2D eigenvalue weighted by Crippen LogP contribution is 2.75. The fourth-order valence-corrected chi connectivity index (χ4v) is 10.1. The second-order valence-corrected chi connectivity index (χ2v) is 13.3. The van der Waals surface area contributed by atoms with Crippen molar-refractivity contribution in [2.45, 2.75) is 42.0 Å². The lowest BCUT2D eigenvalue weighted by atomic mass is 9.97. The molecule has 2 aromatic heterocycles. The van der Waals surface area contributed by atoms with Gasteiger partial charge in [-0.3, -0.25) is 9.78 Å². The van der Waals surface area contributed by atoms with Gasteiger partial charge in [-0.05, 0) is 80.6 Å². The highest BCUT2D eigenvalue weighted by atomic mass is 32.3. The average Bonchev–Trinajstić information content (AvgIpc) is 3.20. The van der Waals surface area contributed by atoms with Crippen molar-refractivity contribution >= 4 is 26.8 Å². The first-order valence-electron chi connectivity index (χ1n) is 13.0. The van der Waals surface area contributed by atoms with Crippen LogP contribution in [0.5, 0.6) is 11.5 Å². The second kappa shape index (κ2) is 9.89. The number of aryl methyl sites for hydroxylation is 1. The molecule has 0 saturated carbocycles. The summed E-state index contributed by atoms with van der Waals surface area (Å²) in [4.78, 5) is 39.5. The van der Waals surface area contributed by atoms with Gasteiger partial charge in [0.25, 0.3) is 0 Å². The minimum Gasteiger partial charge on any atom is -0.457 e. The Balaban J connectivity index is 1.48. The Morgan fingerprint density at radius 1 is 1.11 bits per heavy atom. The number of rotatable bonds is 6. The van der Waals surface area contributed by atoms with Crippen molar-refractivity contribution in [2.75, 3.05) is 18.8 Å². The number of benzene rings is 2. The quantitative estimate of drug-likeness (QED) is 0.331. The Morgan fingerprint density at radius 2 is 1.89 bits per heavy atom. The van der Waals surface area contributed by atoms with E-state index in [4.69, 9.17) is 9.72 Å². The summed E-state index contributed by atoms with van der Waals surface area (Å²) in [6.07, 6.45) is 3.32. The van der Waals surface area contributed by atoms with Crippen molar-refractivity contribution in [3.05, 3.63) is 82.5 Å². The largest absolute Gasteiger partial charge is 0.457 e. The van der Waals surface area contributed by atoms with Gasteiger partial charge in [0.1, 0.15) is 16.9 Å². The van der Waals surface area contributed by atoms with E-state index < -0.39 is 21.1 Å². The van der Waals surface area contributed by atoms with Crippen LogP contribution in [0.25, 0.3) is 10.9 Å². The van der Waals surface area contributed by atoms with E-state index in [1.54, 1.807) is 12.3 Å². The zero-order chi connectivity index (χ0) is 26.3. The minimum atomic E-state index is -1.93. The molecule has 1 saturated heterocycles. The molecule has 2 aliphatic heterocycles. The van der Waals surface area contributed by atoms with Crippen LogP contribution in [0.15, 0.2) is 75.5 Å². The maximum absolute atomic E-state index is 13.6. The van der Waals surface area contributed by atoms with Crippen LogP contribution < -0.4 is 21.1 Å². The van der Waals surface area contributed by atoms with Crippen LogP contribution in [0.3, 0.4) is 0 Å². The molecule has 2 aromatic carbocycles. The molecule has 2 atom stereocenters. The lowest BCUT2D eigenvalue weighted by Gasteiger charge is -2.43. The number of hydrogen-bond donors (Lipinski definition) is 3. The standard InChI is InChI=1S/C29H31N5O3S/c1-3-38(23-10-9-21(17-18(23)2)37-20-7-5-4-6-8-20)27-24-22(13-16-31-27)32-29(36)33-25(24)28(38)34-26(35)19-11-14-30-15-12-19/h4-10,13,16-17,19,28,30H,3,11-12,14-15H2,1-2H3,(H,34,35)(H,32,33,36). The molecule has 0 spiro atoms. The number of H-pyrrole nitrogens is 1. The molecule has 4 aromatic rings. The molecule has 196 valence electrons. The van der Waals surface area contributed by atoms with Crippen molar-refractivity contribution in [3.8, 4) is 11.5 Å². The first-order chi connectivity index (χ1) is 18.5. The molecule has 2 unspecified atom stereocenters. The van der Waals surface area contributed by atoms with E-state index in [1.165, 1.54) is 0 Å². The van der Waals surface area contributed by atoms with Gasteiger partial charge in [0, 0.05) is 17.0 Å². The van der Waals surface area contributed by atoms with Gasteiger partial charge in [0.15, 0.2) is 0 Å². The SMILES string of the molecule is CCS1(c2ccc(Oc3ccccc3)cc2C)c2nccc3nc(=O)[nH]c(c23)C1NC(=O)C1CCNCC1. The zero-order valence-corrected chi connectivity index (χ0v) is 22.3. The summed E-state index contributed by atoms with van der Waals surface area (Å²) >= 11 is 0. The van der Waals surface area contributed by atoms with Gasteiger partial charge in [-0.2, -0.15) is 4.98 Å². The number of piperidine rings is 1. The molecule has 3 N–H and O–H groups in total. The average molecular weight is 530 g/mol. The normalized spacial score (nSPS) is 22.6. The first kappa shape index (κ1) is 24.6. The van der Waals surface area contributed by atoms with Gasteiger partial charge in [0.2, 0.25) is 5.91 Å². The maximum atomic E-state index is 13.6. The second-order valence-electron chi connectivity index (χ2n) is 9.80. The monoisotopic (exact) mass is 529 g/mol. The Morgan fingerprint density at radius 3 is 2.63 bits per heavy atom. The summed E-state index contributed by atoms with van der Waals surface area (Å²) in [5.74, 6) is 2.23. The van der Waals surface area contributed by atoms with Crippen LogP contribution in [0, 0.1) is 12.8 Å². The van der Waals surface area contributed by atoms with E-state index in [0.717, 1.165) is 64.1 Å². The summed E-state index contributed by atoms with van der Waals surface area (Å²) < 4.78 is 6.11. The number of hydrogen-bond acceptors (Lipinski definition) is 6. The van der Waals surface area contributed by atoms with Crippen LogP contribution in [0.1, 0.15) is 36.4 Å². The van der Waals surface area contributed by atoms with Gasteiger partial charge < -0.3 is 20.4 Å². The third-order valence-corrected chi connectivity index (χ3v) is 11.9. The van der Waals surface area contributed by atoms with Crippen LogP contribution in [-0.4, -0.2) is 39.7 Å². The van der Waals surface area contributed by atoms with Crippen LogP contribution in [0.4, 0.5) is 0 Å². The molecular weight excluding hydrogens is 498 g/mol. The molecule has 0 radical (unpaired) electrons. The highest BCUT2D eigenvalue weighted by molar-refractivity contribution is 8.34. The number of nitrogens with zero attached hydrogens (tertiary/aromatic N) is 2. The molecular formula is C29H31N5O3S. The van der Waals surface area contributed by atoms with E-state index in [0.29, 0.717) is 11.2 Å². The number of aromatic nitrogens is 3. The minimum absolute atomic E-state index is 0.0297. The van der Waals surface area contributed by atoms with E-state index >= 15 is 0 Å². The van der Waals surface area contributed by atoms with Crippen molar-refractivity contribution in [3.63, 3.8) is 0 Å². The van der Waals surface area contributed by atoms with Crippen molar-refractivity contribution < 1.29 is 9.53 Å². The van der Waals surface area contributed by atoms with Gasteiger partial charge in [-0.1, -0.05) is 25.1 Å². The third kappa shape index (κ3) is 4.06. The number of amides is 1. The van der Waals surface area contributed by atoms with E-state index in [9.17, 15) is 9.59 Å². The molecule has 6 rings (SSSR count). The van der Waals surface area contributed by atoms with E-state index in [1.807, 2.05) is 42.5 Å². The number of para-hydroxylation sites is 1. The number of carbonyl (C=O) groups excluding carboxylic acids is 1. The van der Waals surface area contributed by atoms with Gasteiger partial charge in [-0.25, -0.2) is 4.79 Å². The summed E-state index contributed by atoms with van der Waals surface area (Å²) in [7, 11) is -1.93. The molecule has 4 heterocycles. The molecule has 2 aliphatic rings. The number of carbonyl (C=O) groups is 1. The maximum Gasteiger partial charge on any atom is 0.345 e. The predicted octanol–water partition coefficient (Wildman–Crippen LogP) is 4.79. The number of pyridine rings is 1. The predicted molar refractivity (Wildman–Crippen MR) is 149 cm³/mol. The summed E-state index contributed by atoms with van der Waals surface area (Å²) in [5, 5.41) is 8.09. The molecule has 9 heteroatoms. The first-order valence-corrected chi connectivity index (χ1v) is 14.9. The van der Waals surface area contributed by atoms with Crippen molar-refractivity contribution in [1.29, 1.82) is 0 Å². The van der Waals surface area contributed by atoms with Gasteiger partial charge >= 0.3 is 5.69 Å².